The molecule has 0 aromatic rings. The largest absolute Gasteiger partial charge is 0.745 e. The van der Waals surface area contributed by atoms with Crippen LogP contribution in [-0.2, 0) is 13.4 Å². The van der Waals surface area contributed by atoms with Gasteiger partial charge in [-0.05, 0) is 12.8 Å². The molecule has 0 saturated carbocycles. The zero-order valence-corrected chi connectivity index (χ0v) is 12.5. The van der Waals surface area contributed by atoms with Crippen molar-refractivity contribution in [3.05, 3.63) is 0 Å². The molecule has 0 bridgehead atoms. The fourth-order valence-corrected chi connectivity index (χ4v) is 1.34. The molecule has 0 aliphatic rings. The van der Waals surface area contributed by atoms with Crippen molar-refractivity contribution in [2.45, 2.75) is 26.7 Å². The monoisotopic (exact) mass is 302 g/mol. The van der Waals surface area contributed by atoms with Gasteiger partial charge in [0.1, 0.15) is 0 Å². The zero-order chi connectivity index (χ0) is 14.6. The number of nitrogens with zero attached hydrogens (tertiary/aromatic N) is 1. The van der Waals surface area contributed by atoms with Gasteiger partial charge in [-0.1, -0.05) is 13.8 Å². The van der Waals surface area contributed by atoms with Crippen LogP contribution in [0.4, 0.5) is 4.79 Å². The third kappa shape index (κ3) is 15.4. The van der Waals surface area contributed by atoms with Gasteiger partial charge in [0.05, 0.1) is 0 Å². The summed E-state index contributed by atoms with van der Waals surface area (Å²) in [5, 5.41) is 2.80. The van der Waals surface area contributed by atoms with Gasteiger partial charge in [-0.3, -0.25) is 0 Å². The van der Waals surface area contributed by atoms with Gasteiger partial charge >= 0.3 is 22.5 Å². The Hall–Kier alpha value is -0.650. The third-order valence-corrected chi connectivity index (χ3v) is 2.69. The first-order valence-corrected chi connectivity index (χ1v) is 7.60. The second-order valence-corrected chi connectivity index (χ2v) is 4.82. The molecular formula is C8H20N2O6P2+2. The maximum Gasteiger partial charge on any atom is 0.745 e. The Morgan fingerprint density at radius 2 is 1.72 bits per heavy atom. The molecule has 0 saturated heterocycles. The minimum absolute atomic E-state index is 0.0358. The summed E-state index contributed by atoms with van der Waals surface area (Å²) in [4.78, 5) is 28.1. The van der Waals surface area contributed by atoms with E-state index in [0.717, 1.165) is 25.9 Å². The molecule has 2 atom stereocenters. The summed E-state index contributed by atoms with van der Waals surface area (Å²) in [6, 6.07) is 0.0358. The molecule has 8 nitrogen and oxygen atoms in total. The van der Waals surface area contributed by atoms with E-state index in [0.29, 0.717) is 0 Å². The average Bonchev–Trinajstić information content (AvgIpc) is 2.25. The lowest BCUT2D eigenvalue weighted by molar-refractivity contribution is 0.209. The van der Waals surface area contributed by atoms with Gasteiger partial charge in [0.25, 0.3) is 0 Å². The highest BCUT2D eigenvalue weighted by Crippen LogP contribution is 2.30. The van der Waals surface area contributed by atoms with Crippen molar-refractivity contribution in [3.8, 4) is 0 Å². The lowest BCUT2D eigenvalue weighted by Gasteiger charge is -2.16. The Kier molecular flexibility index (Phi) is 14.0. The smallest absolute Gasteiger partial charge is 0.338 e. The Bertz CT molecular complexity index is 264. The minimum atomic E-state index is -2.92. The first-order valence-electron chi connectivity index (χ1n) is 5.34. The van der Waals surface area contributed by atoms with Crippen LogP contribution < -0.4 is 5.32 Å². The fourth-order valence-electron chi connectivity index (χ4n) is 0.864. The van der Waals surface area contributed by atoms with Crippen LogP contribution in [0.2, 0.25) is 0 Å². The van der Waals surface area contributed by atoms with E-state index >= 15 is 0 Å². The molecule has 2 unspecified atom stereocenters. The van der Waals surface area contributed by atoms with Gasteiger partial charge in [-0.15, -0.1) is 9.79 Å². The van der Waals surface area contributed by atoms with E-state index in [1.54, 1.807) is 4.90 Å². The summed E-state index contributed by atoms with van der Waals surface area (Å²) < 4.78 is 22.2. The van der Waals surface area contributed by atoms with Crippen molar-refractivity contribution in [2.24, 2.45) is 0 Å². The quantitative estimate of drug-likeness (QED) is 0.644. The molecular weight excluding hydrogens is 282 g/mol. The molecule has 0 spiro atoms. The molecule has 0 radical (unpaired) electrons. The lowest BCUT2D eigenvalue weighted by atomic mass is 10.4. The van der Waals surface area contributed by atoms with Gasteiger partial charge in [0, 0.05) is 29.3 Å². The van der Waals surface area contributed by atoms with Gasteiger partial charge in [0.15, 0.2) is 4.31 Å². The van der Waals surface area contributed by atoms with Crippen LogP contribution in [0.5, 0.6) is 0 Å². The number of hydrogen-bond donors (Lipinski definition) is 3. The number of nitrogens with one attached hydrogen (secondary N) is 1. The molecule has 0 aromatic carbocycles. The summed E-state index contributed by atoms with van der Waals surface area (Å²) in [5.74, 6) is 0. The number of rotatable bonds is 6. The van der Waals surface area contributed by atoms with Gasteiger partial charge < -0.3 is 10.2 Å². The van der Waals surface area contributed by atoms with Crippen molar-refractivity contribution in [1.82, 2.24) is 10.2 Å². The van der Waals surface area contributed by atoms with Crippen LogP contribution in [0.25, 0.3) is 0 Å². The molecule has 2 amide bonds. The molecule has 0 aliphatic heterocycles. The average molecular weight is 302 g/mol. The molecule has 106 valence electrons. The molecule has 0 aliphatic carbocycles. The fraction of sp³-hybridized carbons (Fsp3) is 0.875. The van der Waals surface area contributed by atoms with E-state index in [1.165, 1.54) is 0 Å². The summed E-state index contributed by atoms with van der Waals surface area (Å²) >= 11 is 0. The van der Waals surface area contributed by atoms with E-state index in [9.17, 15) is 13.9 Å². The summed E-state index contributed by atoms with van der Waals surface area (Å²) in [5.41, 5.74) is 0. The maximum atomic E-state index is 11.1. The number of carbonyl (C=O) groups excluding carboxylic acids is 1. The van der Waals surface area contributed by atoms with E-state index in [1.807, 2.05) is 14.0 Å². The third-order valence-electron chi connectivity index (χ3n) is 1.57. The van der Waals surface area contributed by atoms with Crippen LogP contribution >= 0.6 is 16.5 Å². The number of amides is 2. The Balaban J connectivity index is 0. The highest BCUT2D eigenvalue weighted by atomic mass is 31.2. The number of carbonyl (C=O) groups is 1. The Morgan fingerprint density at radius 1 is 1.22 bits per heavy atom. The number of urea groups is 1. The van der Waals surface area contributed by atoms with Crippen molar-refractivity contribution in [3.63, 3.8) is 0 Å². The van der Waals surface area contributed by atoms with Crippen LogP contribution in [-0.4, -0.2) is 40.9 Å². The second-order valence-electron chi connectivity index (χ2n) is 3.21. The van der Waals surface area contributed by atoms with E-state index in [-0.39, 0.29) is 6.03 Å². The van der Waals surface area contributed by atoms with Crippen LogP contribution in [0.15, 0.2) is 0 Å². The summed E-state index contributed by atoms with van der Waals surface area (Å²) in [6.45, 7) is 5.70. The van der Waals surface area contributed by atoms with Crippen LogP contribution in [0, 0.1) is 0 Å². The Morgan fingerprint density at radius 3 is 2.00 bits per heavy atom. The predicted molar refractivity (Wildman–Crippen MR) is 67.3 cm³/mol. The normalized spacial score (nSPS) is 10.9. The maximum absolute atomic E-state index is 11.1. The molecule has 0 aromatic heterocycles. The predicted octanol–water partition coefficient (Wildman–Crippen LogP) is 1.75. The van der Waals surface area contributed by atoms with E-state index in [4.69, 9.17) is 9.79 Å². The zero-order valence-electron chi connectivity index (χ0n) is 10.7. The molecule has 0 rings (SSSR count). The highest BCUT2D eigenvalue weighted by molar-refractivity contribution is 7.46. The molecule has 0 fully saturated rings. The van der Waals surface area contributed by atoms with Gasteiger partial charge in [-0.25, -0.2) is 4.79 Å². The van der Waals surface area contributed by atoms with Crippen molar-refractivity contribution in [2.75, 3.05) is 20.1 Å². The molecule has 18 heavy (non-hydrogen) atoms. The second kappa shape index (κ2) is 12.8. The van der Waals surface area contributed by atoms with Crippen LogP contribution in [0.1, 0.15) is 26.7 Å². The van der Waals surface area contributed by atoms with Gasteiger partial charge in [0.2, 0.25) is 0 Å². The van der Waals surface area contributed by atoms with Crippen LogP contribution in [0.3, 0.4) is 0 Å². The SMILES string of the molecule is CCCNC(=O)N(C)CCC.O=[P+](O)O[P+](=O)O. The summed E-state index contributed by atoms with van der Waals surface area (Å²) in [7, 11) is -4.03. The first kappa shape index (κ1) is 19.7. The highest BCUT2D eigenvalue weighted by Gasteiger charge is 2.31. The summed E-state index contributed by atoms with van der Waals surface area (Å²) in [6.07, 6.45) is 2.00. The van der Waals surface area contributed by atoms with E-state index < -0.39 is 16.5 Å². The minimum Gasteiger partial charge on any atom is -0.338 e. The Labute approximate surface area is 108 Å². The molecule has 10 heteroatoms. The van der Waals surface area contributed by atoms with E-state index in [2.05, 4.69) is 16.6 Å². The standard InChI is InChI=1S/C8H18N2O.O5P2/c1-4-6-9-8(11)10(3)7-5-2;1-6(2)5-7(3)4/h4-7H2,1-3H3,(H,9,11);/p+2. The molecule has 0 heterocycles. The first-order chi connectivity index (χ1) is 8.34. The topological polar surface area (TPSA) is 116 Å². The lowest BCUT2D eigenvalue weighted by Crippen LogP contribution is -2.37. The van der Waals surface area contributed by atoms with Gasteiger partial charge in [-0.2, -0.15) is 0 Å². The molecule has 3 N–H and O–H groups in total. The van der Waals surface area contributed by atoms with Crippen molar-refractivity contribution in [1.29, 1.82) is 0 Å². The number of hydrogen-bond acceptors (Lipinski definition) is 4. The van der Waals surface area contributed by atoms with Crippen molar-refractivity contribution < 1.29 is 28.0 Å². The van der Waals surface area contributed by atoms with Crippen molar-refractivity contribution >= 4 is 22.5 Å².